The fraction of sp³-hybridized carbons (Fsp3) is 0.500. The van der Waals surface area contributed by atoms with E-state index in [1.165, 1.54) is 0 Å². The average molecular weight is 80.0 g/mol. The van der Waals surface area contributed by atoms with Gasteiger partial charge in [-0.1, -0.05) is 0 Å². The van der Waals surface area contributed by atoms with Crippen molar-refractivity contribution in [3.8, 4) is 0 Å². The summed E-state index contributed by atoms with van der Waals surface area (Å²) in [5.74, 6) is 0. The Kier molecular flexibility index (Phi) is 0.774. The van der Waals surface area contributed by atoms with Gasteiger partial charge in [0.2, 0.25) is 0 Å². The maximum Gasteiger partial charge on any atom is 0.333 e. The molecule has 0 rings (SSSR count). The van der Waals surface area contributed by atoms with Gasteiger partial charge in [0.25, 0.3) is 0 Å². The molecule has 1 nitrogen and oxygen atoms in total. The molecule has 0 aromatic heterocycles. The highest BCUT2D eigenvalue weighted by Crippen LogP contribution is 1.95. The molecule has 0 aliphatic heterocycles. The van der Waals surface area contributed by atoms with Crippen molar-refractivity contribution in [2.24, 2.45) is 0 Å². The van der Waals surface area contributed by atoms with Crippen LogP contribution in [0.25, 0.3) is 0 Å². The molecule has 0 bridgehead atoms. The van der Waals surface area contributed by atoms with Crippen LogP contribution in [0.4, 0.5) is 8.78 Å². The third-order valence-electron chi connectivity index (χ3n) is 0. The lowest BCUT2D eigenvalue weighted by Gasteiger charge is -2.01. The summed E-state index contributed by atoms with van der Waals surface area (Å²) >= 11 is 0. The molecule has 5 heavy (non-hydrogen) atoms. The van der Waals surface area contributed by atoms with Crippen molar-refractivity contribution >= 4 is 0 Å². The standard InChI is InChI=1S/C2H2F2O/c1-2(3,4)5/h1H2. The van der Waals surface area contributed by atoms with E-state index >= 15 is 0 Å². The molecule has 0 atom stereocenters. The minimum atomic E-state index is -4.00. The first-order valence-electron chi connectivity index (χ1n) is 0.936. The monoisotopic (exact) mass is 80.0 g/mol. The molecule has 0 amide bonds. The second-order valence-corrected chi connectivity index (χ2v) is 0.637. The number of hydrogen-bond donors (Lipinski definition) is 0. The highest BCUT2D eigenvalue weighted by atomic mass is 19.3. The van der Waals surface area contributed by atoms with Crippen LogP contribution < -0.4 is 5.11 Å². The van der Waals surface area contributed by atoms with Crippen LogP contribution >= 0.6 is 0 Å². The molecule has 0 saturated carbocycles. The van der Waals surface area contributed by atoms with Gasteiger partial charge in [0, 0.05) is 0 Å². The first-order chi connectivity index (χ1) is 2.00. The van der Waals surface area contributed by atoms with Crippen molar-refractivity contribution in [2.45, 2.75) is 6.11 Å². The third-order valence-corrected chi connectivity index (χ3v) is 0. The third kappa shape index (κ3) is 110. The van der Waals surface area contributed by atoms with Gasteiger partial charge in [0.05, 0.1) is 0 Å². The van der Waals surface area contributed by atoms with Crippen molar-refractivity contribution in [3.05, 3.63) is 6.92 Å². The van der Waals surface area contributed by atoms with Crippen LogP contribution in [0.15, 0.2) is 0 Å². The summed E-state index contributed by atoms with van der Waals surface area (Å²) < 4.78 is 20.7. The quantitative estimate of drug-likeness (QED) is 0.369. The van der Waals surface area contributed by atoms with E-state index in [1.54, 1.807) is 0 Å². The van der Waals surface area contributed by atoms with Gasteiger partial charge < -0.3 is 5.11 Å². The van der Waals surface area contributed by atoms with E-state index in [0.29, 0.717) is 0 Å². The topological polar surface area (TPSA) is 23.1 Å². The van der Waals surface area contributed by atoms with E-state index in [0.717, 1.165) is 0 Å². The summed E-state index contributed by atoms with van der Waals surface area (Å²) in [6.45, 7) is 1.88. The lowest BCUT2D eigenvalue weighted by molar-refractivity contribution is -0.550. The Morgan fingerprint density at radius 2 is 1.60 bits per heavy atom. The Bertz CT molecular complexity index is 23.1. The fourth-order valence-electron chi connectivity index (χ4n) is 0. The van der Waals surface area contributed by atoms with Gasteiger partial charge in [-0.15, -0.1) is 0 Å². The van der Waals surface area contributed by atoms with E-state index < -0.39 is 6.11 Å². The van der Waals surface area contributed by atoms with Crippen LogP contribution in [0.5, 0.6) is 0 Å². The van der Waals surface area contributed by atoms with Crippen LogP contribution in [-0.4, -0.2) is 6.11 Å². The molecule has 0 aliphatic carbocycles. The van der Waals surface area contributed by atoms with Gasteiger partial charge in [-0.05, 0) is 0 Å². The second-order valence-electron chi connectivity index (χ2n) is 0.637. The molecule has 0 saturated heterocycles. The van der Waals surface area contributed by atoms with Crippen LogP contribution in [-0.2, 0) is 0 Å². The van der Waals surface area contributed by atoms with Crippen molar-refractivity contribution in [1.29, 1.82) is 0 Å². The largest absolute Gasteiger partial charge is 0.757 e. The molecule has 0 fully saturated rings. The molecule has 0 aromatic rings. The van der Waals surface area contributed by atoms with Crippen LogP contribution in [0.3, 0.4) is 0 Å². The van der Waals surface area contributed by atoms with Crippen LogP contribution in [0, 0.1) is 6.92 Å². The summed E-state index contributed by atoms with van der Waals surface area (Å²) in [4.78, 5) is 0. The van der Waals surface area contributed by atoms with E-state index in [-0.39, 0.29) is 0 Å². The highest BCUT2D eigenvalue weighted by molar-refractivity contribution is 4.42. The fourth-order valence-corrected chi connectivity index (χ4v) is 0. The zero-order chi connectivity index (χ0) is 4.50. The van der Waals surface area contributed by atoms with Crippen LogP contribution in [0.1, 0.15) is 0 Å². The van der Waals surface area contributed by atoms with Crippen molar-refractivity contribution < 1.29 is 13.9 Å². The minimum Gasteiger partial charge on any atom is -0.757 e. The molecule has 0 heterocycles. The molecule has 30 valence electrons. The number of halogens is 2. The predicted octanol–water partition coefficient (Wildman–Crippen LogP) is -0.226. The first-order valence-corrected chi connectivity index (χ1v) is 0.936. The van der Waals surface area contributed by atoms with Crippen molar-refractivity contribution in [3.63, 3.8) is 0 Å². The van der Waals surface area contributed by atoms with Gasteiger partial charge in [0.1, 0.15) is 6.92 Å². The van der Waals surface area contributed by atoms with E-state index in [1.807, 2.05) is 6.92 Å². The van der Waals surface area contributed by atoms with Crippen molar-refractivity contribution in [1.82, 2.24) is 0 Å². The summed E-state index contributed by atoms with van der Waals surface area (Å²) in [5, 5.41) is 8.66. The van der Waals surface area contributed by atoms with Gasteiger partial charge in [-0.3, -0.25) is 0 Å². The normalized spacial score (nSPS) is 11.8. The Morgan fingerprint density at radius 3 is 1.60 bits per heavy atom. The summed E-state index contributed by atoms with van der Waals surface area (Å²) in [7, 11) is 0. The molecule has 0 spiro atoms. The smallest absolute Gasteiger partial charge is 0.333 e. The SMILES string of the molecule is [CH2+]C([O-])(F)F. The molecular weight excluding hydrogens is 78.0 g/mol. The van der Waals surface area contributed by atoms with Gasteiger partial charge in [-0.25, -0.2) is 0 Å². The minimum absolute atomic E-state index is 1.88. The molecule has 0 aromatic carbocycles. The molecule has 0 aliphatic rings. The van der Waals surface area contributed by atoms with Crippen molar-refractivity contribution in [2.75, 3.05) is 0 Å². The number of alkyl halides is 2. The van der Waals surface area contributed by atoms with Gasteiger partial charge in [-0.2, -0.15) is 8.78 Å². The zero-order valence-corrected chi connectivity index (χ0v) is 2.37. The molecule has 0 radical (unpaired) electrons. The van der Waals surface area contributed by atoms with E-state index in [2.05, 4.69) is 0 Å². The maximum atomic E-state index is 10.4. The highest BCUT2D eigenvalue weighted by Gasteiger charge is 2.08. The van der Waals surface area contributed by atoms with Crippen LogP contribution in [0.2, 0.25) is 0 Å². The lowest BCUT2D eigenvalue weighted by Crippen LogP contribution is -2.28. The molecule has 0 N–H and O–H groups in total. The average Bonchev–Trinajstić information content (AvgIpc) is 0.722. The number of rotatable bonds is 0. The van der Waals surface area contributed by atoms with E-state index in [9.17, 15) is 8.78 Å². The Morgan fingerprint density at radius 1 is 1.60 bits per heavy atom. The number of hydrogen-bond acceptors (Lipinski definition) is 1. The second kappa shape index (κ2) is 0.825. The Hall–Kier alpha value is -0.310. The zero-order valence-electron chi connectivity index (χ0n) is 2.37. The first kappa shape index (κ1) is 4.69. The summed E-state index contributed by atoms with van der Waals surface area (Å²) in [6.07, 6.45) is -4.00. The van der Waals surface area contributed by atoms with E-state index in [4.69, 9.17) is 5.11 Å². The molecule has 0 unspecified atom stereocenters. The molecular formula is C2H2F2O. The Balaban J connectivity index is 3.02. The Labute approximate surface area is 28.2 Å². The molecule has 3 heteroatoms. The van der Waals surface area contributed by atoms with Gasteiger partial charge in [0.15, 0.2) is 0 Å². The predicted molar refractivity (Wildman–Crippen MR) is 10.3 cm³/mol. The lowest BCUT2D eigenvalue weighted by atomic mass is 10.8. The summed E-state index contributed by atoms with van der Waals surface area (Å²) in [6, 6.07) is 0. The van der Waals surface area contributed by atoms with Gasteiger partial charge >= 0.3 is 6.11 Å². The maximum absolute atomic E-state index is 10.4. The summed E-state index contributed by atoms with van der Waals surface area (Å²) in [5.41, 5.74) is 0.